The molecule has 0 spiro atoms. The molecule has 1 amide bonds. The molecular weight excluding hydrogens is 301 g/mol. The fourth-order valence-corrected chi connectivity index (χ4v) is 2.28. The van der Waals surface area contributed by atoms with Crippen LogP contribution in [0.3, 0.4) is 0 Å². The molecule has 0 heterocycles. The number of hydrogen-bond donors (Lipinski definition) is 3. The monoisotopic (exact) mass is 319 g/mol. The predicted molar refractivity (Wildman–Crippen MR) is 80.0 cm³/mol. The number of carbonyl (C=O) groups is 1. The van der Waals surface area contributed by atoms with Crippen molar-refractivity contribution in [1.82, 2.24) is 5.32 Å². The summed E-state index contributed by atoms with van der Waals surface area (Å²) in [6, 6.07) is 4.47. The minimum Gasteiger partial charge on any atom is -0.388 e. The van der Waals surface area contributed by atoms with Crippen LogP contribution in [-0.4, -0.2) is 28.3 Å². The minimum absolute atomic E-state index is 0.0875. The Morgan fingerprint density at radius 1 is 1.25 bits per heavy atom. The quantitative estimate of drug-likeness (QED) is 0.755. The summed E-state index contributed by atoms with van der Waals surface area (Å²) in [6.07, 6.45) is -0.338. The average molecular weight is 320 g/mol. The number of aliphatic hydroxyl groups is 2. The summed E-state index contributed by atoms with van der Waals surface area (Å²) >= 11 is 11.7. The van der Waals surface area contributed by atoms with E-state index in [2.05, 4.69) is 5.32 Å². The van der Waals surface area contributed by atoms with Crippen LogP contribution < -0.4 is 5.32 Å². The maximum Gasteiger partial charge on any atom is 0.253 e. The van der Waals surface area contributed by atoms with E-state index in [-0.39, 0.29) is 6.54 Å². The second kappa shape index (κ2) is 7.27. The van der Waals surface area contributed by atoms with Gasteiger partial charge in [0.2, 0.25) is 0 Å². The minimum atomic E-state index is -1.37. The maximum atomic E-state index is 11.9. The number of aliphatic hydroxyl groups excluding tert-OH is 1. The number of amides is 1. The van der Waals surface area contributed by atoms with Gasteiger partial charge < -0.3 is 15.5 Å². The summed E-state index contributed by atoms with van der Waals surface area (Å²) in [7, 11) is 0. The molecule has 1 rings (SSSR count). The van der Waals surface area contributed by atoms with Gasteiger partial charge in [-0.2, -0.15) is 0 Å². The number of hydrogen-bond acceptors (Lipinski definition) is 3. The second-order valence-corrected chi connectivity index (χ2v) is 5.63. The van der Waals surface area contributed by atoms with Crippen molar-refractivity contribution in [3.05, 3.63) is 33.8 Å². The molecule has 20 heavy (non-hydrogen) atoms. The molecule has 4 nitrogen and oxygen atoms in total. The predicted octanol–water partition coefficient (Wildman–Crippen LogP) is 2.69. The third kappa shape index (κ3) is 4.63. The van der Waals surface area contributed by atoms with E-state index in [1.807, 2.05) is 13.8 Å². The Labute approximate surface area is 128 Å². The fourth-order valence-electron chi connectivity index (χ4n) is 1.73. The van der Waals surface area contributed by atoms with Crippen LogP contribution in [0.2, 0.25) is 10.0 Å². The molecule has 0 saturated heterocycles. The van der Waals surface area contributed by atoms with Crippen molar-refractivity contribution in [2.45, 2.75) is 38.4 Å². The molecule has 0 aromatic heterocycles. The zero-order valence-corrected chi connectivity index (χ0v) is 13.0. The molecule has 0 saturated carbocycles. The van der Waals surface area contributed by atoms with Crippen LogP contribution >= 0.6 is 23.2 Å². The fraction of sp³-hybridized carbons (Fsp3) is 0.500. The number of benzene rings is 1. The highest BCUT2D eigenvalue weighted by Crippen LogP contribution is 2.24. The molecule has 1 aromatic carbocycles. The third-order valence-electron chi connectivity index (χ3n) is 3.36. The van der Waals surface area contributed by atoms with Gasteiger partial charge in [0.05, 0.1) is 5.60 Å². The molecule has 0 radical (unpaired) electrons. The van der Waals surface area contributed by atoms with E-state index in [0.29, 0.717) is 28.5 Å². The Kier molecular flexibility index (Phi) is 6.27. The molecule has 1 atom stereocenters. The highest BCUT2D eigenvalue weighted by atomic mass is 35.5. The molecule has 112 valence electrons. The van der Waals surface area contributed by atoms with Crippen LogP contribution in [0.4, 0.5) is 0 Å². The largest absolute Gasteiger partial charge is 0.388 e. The van der Waals surface area contributed by atoms with Gasteiger partial charge in [-0.05, 0) is 36.6 Å². The lowest BCUT2D eigenvalue weighted by Crippen LogP contribution is -2.43. The molecule has 6 heteroatoms. The standard InChI is InChI=1S/C14H19Cl2NO3/c1-3-14(20,4-2)8-17-13(19)12(18)9-5-10(15)7-11(16)6-9/h5-7,12,18,20H,3-4,8H2,1-2H3,(H,17,19). The van der Waals surface area contributed by atoms with Gasteiger partial charge >= 0.3 is 0 Å². The van der Waals surface area contributed by atoms with E-state index in [1.165, 1.54) is 18.2 Å². The summed E-state index contributed by atoms with van der Waals surface area (Å²) < 4.78 is 0. The zero-order valence-electron chi connectivity index (χ0n) is 11.5. The van der Waals surface area contributed by atoms with Crippen molar-refractivity contribution in [2.75, 3.05) is 6.54 Å². The number of nitrogens with one attached hydrogen (secondary N) is 1. The number of carbonyl (C=O) groups excluding carboxylic acids is 1. The summed E-state index contributed by atoms with van der Waals surface area (Å²) in [5, 5.41) is 23.3. The van der Waals surface area contributed by atoms with Crippen LogP contribution in [0.15, 0.2) is 18.2 Å². The lowest BCUT2D eigenvalue weighted by molar-refractivity contribution is -0.131. The van der Waals surface area contributed by atoms with Crippen LogP contribution in [-0.2, 0) is 4.79 Å². The zero-order chi connectivity index (χ0) is 15.3. The van der Waals surface area contributed by atoms with Crippen molar-refractivity contribution in [2.24, 2.45) is 0 Å². The Morgan fingerprint density at radius 2 is 1.75 bits per heavy atom. The Morgan fingerprint density at radius 3 is 2.20 bits per heavy atom. The van der Waals surface area contributed by atoms with Gasteiger partial charge in [0.25, 0.3) is 5.91 Å². The third-order valence-corrected chi connectivity index (χ3v) is 3.79. The smallest absolute Gasteiger partial charge is 0.253 e. The van der Waals surface area contributed by atoms with Gasteiger partial charge in [0.1, 0.15) is 0 Å². The van der Waals surface area contributed by atoms with E-state index >= 15 is 0 Å². The van der Waals surface area contributed by atoms with Crippen LogP contribution in [0.5, 0.6) is 0 Å². The molecule has 3 N–H and O–H groups in total. The van der Waals surface area contributed by atoms with Crippen LogP contribution in [0.25, 0.3) is 0 Å². The molecule has 0 aliphatic heterocycles. The van der Waals surface area contributed by atoms with Crippen molar-refractivity contribution in [3.63, 3.8) is 0 Å². The summed E-state index contributed by atoms with van der Waals surface area (Å²) in [5.74, 6) is -0.594. The highest BCUT2D eigenvalue weighted by Gasteiger charge is 2.25. The van der Waals surface area contributed by atoms with Gasteiger partial charge in [0, 0.05) is 16.6 Å². The Balaban J connectivity index is 2.72. The summed E-state index contributed by atoms with van der Waals surface area (Å²) in [6.45, 7) is 3.76. The van der Waals surface area contributed by atoms with E-state index in [1.54, 1.807) is 0 Å². The molecular formula is C14H19Cl2NO3. The second-order valence-electron chi connectivity index (χ2n) is 4.75. The van der Waals surface area contributed by atoms with Crippen molar-refractivity contribution < 1.29 is 15.0 Å². The highest BCUT2D eigenvalue weighted by molar-refractivity contribution is 6.34. The Bertz CT molecular complexity index is 455. The van der Waals surface area contributed by atoms with Crippen molar-refractivity contribution in [1.29, 1.82) is 0 Å². The summed E-state index contributed by atoms with van der Waals surface area (Å²) in [5.41, 5.74) is -0.641. The first-order chi connectivity index (χ1) is 9.31. The lowest BCUT2D eigenvalue weighted by atomic mass is 9.97. The SMILES string of the molecule is CCC(O)(CC)CNC(=O)C(O)c1cc(Cl)cc(Cl)c1. The lowest BCUT2D eigenvalue weighted by Gasteiger charge is -2.26. The van der Waals surface area contributed by atoms with Gasteiger partial charge in [0.15, 0.2) is 6.10 Å². The van der Waals surface area contributed by atoms with Gasteiger partial charge in [-0.15, -0.1) is 0 Å². The Hall–Kier alpha value is -0.810. The van der Waals surface area contributed by atoms with E-state index in [0.717, 1.165) is 0 Å². The molecule has 1 unspecified atom stereocenters. The average Bonchev–Trinajstić information content (AvgIpc) is 2.42. The van der Waals surface area contributed by atoms with E-state index < -0.39 is 17.6 Å². The first kappa shape index (κ1) is 17.2. The van der Waals surface area contributed by atoms with Crippen LogP contribution in [0.1, 0.15) is 38.4 Å². The summed E-state index contributed by atoms with van der Waals surface area (Å²) in [4.78, 5) is 11.9. The van der Waals surface area contributed by atoms with Crippen LogP contribution in [0, 0.1) is 0 Å². The van der Waals surface area contributed by atoms with E-state index in [9.17, 15) is 15.0 Å². The topological polar surface area (TPSA) is 69.6 Å². The molecule has 0 aliphatic carbocycles. The molecule has 0 aliphatic rings. The van der Waals surface area contributed by atoms with E-state index in [4.69, 9.17) is 23.2 Å². The molecule has 0 bridgehead atoms. The van der Waals surface area contributed by atoms with Gasteiger partial charge in [-0.25, -0.2) is 0 Å². The van der Waals surface area contributed by atoms with Gasteiger partial charge in [-0.1, -0.05) is 37.0 Å². The first-order valence-corrected chi connectivity index (χ1v) is 7.21. The maximum absolute atomic E-state index is 11.9. The van der Waals surface area contributed by atoms with Crippen molar-refractivity contribution in [3.8, 4) is 0 Å². The van der Waals surface area contributed by atoms with Gasteiger partial charge in [-0.3, -0.25) is 4.79 Å². The number of rotatable bonds is 6. The first-order valence-electron chi connectivity index (χ1n) is 6.45. The molecule has 1 aromatic rings. The molecule has 0 fully saturated rings. The number of halogens is 2. The van der Waals surface area contributed by atoms with Crippen molar-refractivity contribution >= 4 is 29.1 Å². The normalized spacial score (nSPS) is 13.1.